The summed E-state index contributed by atoms with van der Waals surface area (Å²) in [6, 6.07) is 0. The summed E-state index contributed by atoms with van der Waals surface area (Å²) >= 11 is 0. The molecule has 0 aliphatic heterocycles. The summed E-state index contributed by atoms with van der Waals surface area (Å²) < 4.78 is 15.4. The van der Waals surface area contributed by atoms with E-state index in [9.17, 15) is 4.79 Å². The van der Waals surface area contributed by atoms with Gasteiger partial charge in [0.25, 0.3) is 11.6 Å². The number of aromatic carboxylic acids is 1. The molecule has 1 N–H and O–H groups in total. The van der Waals surface area contributed by atoms with Crippen molar-refractivity contribution in [2.45, 2.75) is 38.9 Å². The van der Waals surface area contributed by atoms with E-state index in [0.717, 1.165) is 0 Å². The Morgan fingerprint density at radius 2 is 1.95 bits per heavy atom. The Morgan fingerprint density at radius 1 is 1.32 bits per heavy atom. The van der Waals surface area contributed by atoms with Crippen LogP contribution in [0.5, 0.6) is 5.88 Å². The predicted octanol–water partition coefficient (Wildman–Crippen LogP) is 2.17. The first kappa shape index (κ1) is 15.6. The van der Waals surface area contributed by atoms with Gasteiger partial charge in [0, 0.05) is 0 Å². The summed E-state index contributed by atoms with van der Waals surface area (Å²) in [5, 5.41) is 15.5. The molecule has 1 heterocycles. The highest BCUT2D eigenvalue weighted by Gasteiger charge is 2.36. The van der Waals surface area contributed by atoms with E-state index < -0.39 is 14.3 Å². The van der Waals surface area contributed by atoms with Crippen LogP contribution in [-0.2, 0) is 4.43 Å². The van der Waals surface area contributed by atoms with Crippen LogP contribution in [0.2, 0.25) is 18.1 Å². The molecule has 19 heavy (non-hydrogen) atoms. The second-order valence-corrected chi connectivity index (χ2v) is 10.5. The van der Waals surface area contributed by atoms with Gasteiger partial charge in [-0.3, -0.25) is 0 Å². The van der Waals surface area contributed by atoms with Crippen molar-refractivity contribution in [1.29, 1.82) is 0 Å². The second-order valence-electron chi connectivity index (χ2n) is 5.68. The molecule has 0 spiro atoms. The number of carboxylic acid groups (broad SMARTS) is 1. The van der Waals surface area contributed by atoms with E-state index in [1.165, 1.54) is 0 Å². The summed E-state index contributed by atoms with van der Waals surface area (Å²) in [4.78, 5) is 10.7. The third kappa shape index (κ3) is 4.03. The van der Waals surface area contributed by atoms with E-state index in [4.69, 9.17) is 14.3 Å². The van der Waals surface area contributed by atoms with Gasteiger partial charge in [-0.15, -0.1) is 0 Å². The molecule has 1 aromatic heterocycles. The summed E-state index contributed by atoms with van der Waals surface area (Å²) in [6.45, 7) is 11.3. The van der Waals surface area contributed by atoms with Crippen molar-refractivity contribution in [1.82, 2.24) is 10.3 Å². The summed E-state index contributed by atoms with van der Waals surface area (Å²) in [6.07, 6.45) is 0. The lowest BCUT2D eigenvalue weighted by Crippen LogP contribution is -2.41. The van der Waals surface area contributed by atoms with Crippen LogP contribution in [0.3, 0.4) is 0 Å². The first-order valence-electron chi connectivity index (χ1n) is 5.98. The molecule has 1 rings (SSSR count). The van der Waals surface area contributed by atoms with E-state index in [1.54, 1.807) is 0 Å². The minimum absolute atomic E-state index is 0.119. The largest absolute Gasteiger partial charge is 0.476 e. The molecule has 0 unspecified atom stereocenters. The Balaban J connectivity index is 2.44. The third-order valence-corrected chi connectivity index (χ3v) is 7.79. The van der Waals surface area contributed by atoms with Gasteiger partial charge in [0.05, 0.1) is 6.61 Å². The van der Waals surface area contributed by atoms with Crippen LogP contribution in [-0.4, -0.2) is 42.9 Å². The van der Waals surface area contributed by atoms with E-state index in [-0.39, 0.29) is 23.2 Å². The highest BCUT2D eigenvalue weighted by Crippen LogP contribution is 2.36. The Morgan fingerprint density at radius 3 is 2.47 bits per heavy atom. The summed E-state index contributed by atoms with van der Waals surface area (Å²) in [5.41, 5.74) is -0.327. The predicted molar refractivity (Wildman–Crippen MR) is 69.9 cm³/mol. The van der Waals surface area contributed by atoms with Gasteiger partial charge < -0.3 is 14.3 Å². The lowest BCUT2D eigenvalue weighted by atomic mass is 10.2. The van der Waals surface area contributed by atoms with Gasteiger partial charge in [-0.1, -0.05) is 20.8 Å². The zero-order chi connectivity index (χ0) is 14.7. The molecule has 0 atom stereocenters. The molecule has 0 aliphatic carbocycles. The smallest absolute Gasteiger partial charge is 0.363 e. The molecular formula is C11H20N2O5Si. The van der Waals surface area contributed by atoms with Gasteiger partial charge in [0.2, 0.25) is 0 Å². The van der Waals surface area contributed by atoms with Crippen LogP contribution in [0.15, 0.2) is 4.63 Å². The molecule has 108 valence electrons. The Labute approximate surface area is 113 Å². The maximum atomic E-state index is 10.7. The van der Waals surface area contributed by atoms with Crippen molar-refractivity contribution in [3.8, 4) is 5.88 Å². The van der Waals surface area contributed by atoms with Crippen molar-refractivity contribution in [3.63, 3.8) is 0 Å². The van der Waals surface area contributed by atoms with Gasteiger partial charge >= 0.3 is 5.97 Å². The maximum Gasteiger partial charge on any atom is 0.363 e. The van der Waals surface area contributed by atoms with Gasteiger partial charge in [-0.05, 0) is 28.4 Å². The second kappa shape index (κ2) is 5.70. The molecule has 7 nitrogen and oxygen atoms in total. The maximum absolute atomic E-state index is 10.7. The number of ether oxygens (including phenoxy) is 1. The molecule has 0 saturated heterocycles. The lowest BCUT2D eigenvalue weighted by molar-refractivity contribution is 0.0680. The van der Waals surface area contributed by atoms with Crippen LogP contribution in [0, 0.1) is 0 Å². The van der Waals surface area contributed by atoms with Crippen LogP contribution >= 0.6 is 0 Å². The molecule has 0 fully saturated rings. The highest BCUT2D eigenvalue weighted by molar-refractivity contribution is 6.74. The average Bonchev–Trinajstić information content (AvgIpc) is 2.71. The number of hydrogen-bond donors (Lipinski definition) is 1. The van der Waals surface area contributed by atoms with E-state index in [2.05, 4.69) is 48.8 Å². The van der Waals surface area contributed by atoms with Crippen LogP contribution in [0.25, 0.3) is 0 Å². The first-order chi connectivity index (χ1) is 8.65. The molecular weight excluding hydrogens is 268 g/mol. The topological polar surface area (TPSA) is 94.7 Å². The summed E-state index contributed by atoms with van der Waals surface area (Å²) in [5.74, 6) is -1.35. The zero-order valence-electron chi connectivity index (χ0n) is 11.9. The molecule has 8 heteroatoms. The molecule has 0 saturated carbocycles. The van der Waals surface area contributed by atoms with Crippen molar-refractivity contribution < 1.29 is 23.7 Å². The fourth-order valence-electron chi connectivity index (χ4n) is 1.06. The van der Waals surface area contributed by atoms with Gasteiger partial charge in [-0.2, -0.15) is 0 Å². The Hall–Kier alpha value is -1.41. The Bertz CT molecular complexity index is 439. The normalized spacial score (nSPS) is 12.5. The number of aromatic nitrogens is 2. The number of rotatable bonds is 6. The minimum Gasteiger partial charge on any atom is -0.476 e. The number of carbonyl (C=O) groups is 1. The average molecular weight is 288 g/mol. The van der Waals surface area contributed by atoms with E-state index in [0.29, 0.717) is 6.61 Å². The fourth-order valence-corrected chi connectivity index (χ4v) is 2.08. The van der Waals surface area contributed by atoms with E-state index in [1.807, 2.05) is 0 Å². The van der Waals surface area contributed by atoms with Crippen molar-refractivity contribution in [3.05, 3.63) is 5.69 Å². The minimum atomic E-state index is -1.82. The van der Waals surface area contributed by atoms with E-state index >= 15 is 0 Å². The molecule has 1 aromatic rings. The standard InChI is InChI=1S/C11H20N2O5Si/c1-11(2,3)19(4,5)17-7-6-16-9-8(10(14)15)12-18-13-9/h6-7H2,1-5H3,(H,14,15). The molecule has 0 aliphatic rings. The number of carboxylic acids is 1. The van der Waals surface area contributed by atoms with Crippen molar-refractivity contribution in [2.75, 3.05) is 13.2 Å². The van der Waals surface area contributed by atoms with Gasteiger partial charge in [0.15, 0.2) is 8.32 Å². The lowest BCUT2D eigenvalue weighted by Gasteiger charge is -2.36. The molecule has 0 amide bonds. The SMILES string of the molecule is CC(C)(C)[Si](C)(C)OCCOc1nonc1C(=O)O. The quantitative estimate of drug-likeness (QED) is 0.633. The first-order valence-corrected chi connectivity index (χ1v) is 8.88. The number of nitrogens with zero attached hydrogens (tertiary/aromatic N) is 2. The fraction of sp³-hybridized carbons (Fsp3) is 0.727. The van der Waals surface area contributed by atoms with Gasteiger partial charge in [-0.25, -0.2) is 9.42 Å². The van der Waals surface area contributed by atoms with Gasteiger partial charge in [0.1, 0.15) is 6.61 Å². The van der Waals surface area contributed by atoms with Crippen molar-refractivity contribution in [2.24, 2.45) is 0 Å². The van der Waals surface area contributed by atoms with Crippen molar-refractivity contribution >= 4 is 14.3 Å². The van der Waals surface area contributed by atoms with Crippen LogP contribution < -0.4 is 4.74 Å². The third-order valence-electron chi connectivity index (χ3n) is 3.25. The molecule has 0 aromatic carbocycles. The Kier molecular flexibility index (Phi) is 4.69. The zero-order valence-corrected chi connectivity index (χ0v) is 12.9. The van der Waals surface area contributed by atoms with Crippen LogP contribution in [0.4, 0.5) is 0 Å². The number of hydrogen-bond acceptors (Lipinski definition) is 6. The van der Waals surface area contributed by atoms with Crippen LogP contribution in [0.1, 0.15) is 31.3 Å². The molecule has 0 radical (unpaired) electrons. The highest BCUT2D eigenvalue weighted by atomic mass is 28.4. The summed E-state index contributed by atoms with van der Waals surface area (Å²) in [7, 11) is -1.82. The monoisotopic (exact) mass is 288 g/mol. The molecule has 0 bridgehead atoms.